The number of rotatable bonds is 37. The smallest absolute Gasteiger partial charge is 0.474 e. The number of aliphatic carboxylic acids is 1. The van der Waals surface area contributed by atoms with E-state index < -0.39 is 180 Å². The van der Waals surface area contributed by atoms with E-state index in [1.54, 1.807) is 0 Å². The first-order valence-corrected chi connectivity index (χ1v) is 35.6. The van der Waals surface area contributed by atoms with E-state index >= 15 is 0 Å². The molecule has 1 aromatic heterocycles. The molecule has 5 aliphatic heterocycles. The molecule has 3 saturated heterocycles. The Morgan fingerprint density at radius 1 is 0.702 bits per heavy atom. The number of primary amides is 2. The summed E-state index contributed by atoms with van der Waals surface area (Å²) in [7, 11) is -5.66. The predicted molar refractivity (Wildman–Crippen MR) is 351 cm³/mol. The molecule has 5 aliphatic rings. The molecule has 4 aromatic rings. The van der Waals surface area contributed by atoms with Crippen LogP contribution in [0.3, 0.4) is 0 Å². The molecular weight excluding hydrogens is 1400 g/mol. The van der Waals surface area contributed by atoms with Gasteiger partial charge in [0.05, 0.1) is 38.1 Å². The van der Waals surface area contributed by atoms with Gasteiger partial charge in [-0.25, -0.2) is 23.6 Å². The summed E-state index contributed by atoms with van der Waals surface area (Å²) >= 11 is 0. The molecule has 17 N–H and O–H groups in total. The Bertz CT molecular complexity index is 3650. The van der Waals surface area contributed by atoms with Crippen molar-refractivity contribution in [1.82, 2.24) is 30.9 Å². The fourth-order valence-corrected chi connectivity index (χ4v) is 13.8. The van der Waals surface area contributed by atoms with Crippen molar-refractivity contribution in [2.24, 2.45) is 11.5 Å². The van der Waals surface area contributed by atoms with Gasteiger partial charge in [-0.05, 0) is 42.8 Å². The quantitative estimate of drug-likeness (QED) is 0.0167. The molecule has 1 spiro atoms. The Balaban J connectivity index is 0.831. The van der Waals surface area contributed by atoms with Gasteiger partial charge >= 0.3 is 25.9 Å². The zero-order valence-corrected chi connectivity index (χ0v) is 57.7. The topological polar surface area (TPSA) is 559 Å². The molecule has 104 heavy (non-hydrogen) atoms. The maximum absolute atomic E-state index is 13.8. The van der Waals surface area contributed by atoms with E-state index in [0.29, 0.717) is 29.5 Å². The number of aliphatic hydroxyl groups excluding tert-OH is 6. The second-order valence-corrected chi connectivity index (χ2v) is 27.1. The number of ether oxygens (including phenoxy) is 9. The highest BCUT2D eigenvalue weighted by molar-refractivity contribution is 7.47. The highest BCUT2D eigenvalue weighted by Crippen LogP contribution is 2.57. The number of fused-ring (bicyclic) bond motifs is 6. The number of aromatic nitrogens is 3. The number of carbonyl (C=O) groups excluding carboxylic acids is 6. The van der Waals surface area contributed by atoms with Crippen molar-refractivity contribution in [2.75, 3.05) is 26.4 Å². The highest BCUT2D eigenvalue weighted by atomic mass is 31.2. The minimum atomic E-state index is -5.66. The molecule has 17 atom stereocenters. The summed E-state index contributed by atoms with van der Waals surface area (Å²) in [5, 5.41) is 113. The Kier molecular flexibility index (Phi) is 27.9. The number of aromatic hydroxyl groups is 2. The lowest BCUT2D eigenvalue weighted by Crippen LogP contribution is -2.70. The lowest BCUT2D eigenvalue weighted by atomic mass is 9.77. The van der Waals surface area contributed by atoms with Crippen LogP contribution in [0.4, 0.5) is 4.79 Å². The van der Waals surface area contributed by atoms with E-state index in [1.807, 2.05) is 0 Å². The summed E-state index contributed by atoms with van der Waals surface area (Å²) in [5.41, 5.74) is 10.5. The number of unbranched alkanes of at least 4 members (excludes halogenated alkanes) is 13. The molecule has 37 nitrogen and oxygen atoms in total. The Morgan fingerprint density at radius 2 is 1.28 bits per heavy atom. The maximum Gasteiger partial charge on any atom is 0.474 e. The Labute approximate surface area is 594 Å². The van der Waals surface area contributed by atoms with Crippen LogP contribution in [0.2, 0.25) is 0 Å². The number of nitrogens with one attached hydrogen (secondary N) is 3. The average Bonchev–Trinajstić information content (AvgIpc) is 1.50. The molecule has 572 valence electrons. The fourth-order valence-electron chi connectivity index (χ4n) is 13.0. The number of carbonyl (C=O) groups is 7. The molecule has 5 amide bonds. The van der Waals surface area contributed by atoms with E-state index in [0.717, 1.165) is 43.7 Å². The third-order valence-electron chi connectivity index (χ3n) is 18.1. The van der Waals surface area contributed by atoms with Gasteiger partial charge in [0, 0.05) is 47.9 Å². The predicted octanol–water partition coefficient (Wildman–Crippen LogP) is 0.584. The van der Waals surface area contributed by atoms with E-state index in [9.17, 15) is 89.0 Å². The Hall–Kier alpha value is -8.08. The number of phenols is 2. The first-order valence-electron chi connectivity index (χ1n) is 34.1. The van der Waals surface area contributed by atoms with Crippen molar-refractivity contribution in [3.63, 3.8) is 0 Å². The molecule has 0 saturated carbocycles. The molecule has 3 aromatic carbocycles. The number of esters is 1. The maximum atomic E-state index is 13.8. The van der Waals surface area contributed by atoms with Gasteiger partial charge in [-0.1, -0.05) is 102 Å². The molecule has 3 fully saturated rings. The normalized spacial score (nSPS) is 26.9. The number of nitrogens with two attached hydrogens (primary N) is 2. The molecule has 38 heteroatoms. The number of phenolic OH excluding ortho intramolecular Hbond substituents is 2. The number of nitrogens with zero attached hydrogens (tertiary/aromatic N) is 3. The standard InChI is InChI=1S/C66H89N8O29P/c1-3-4-5-6-7-8-9-10-11-12-13-14-15-16-23-93-46(60(87)88)32-94-104(91,92)103-64-57(55(101-65(68)90)53(84)56(99-64)58(67)85)100-63-49(70-33(2)77)52(83)54(45(31-76)97-63)98-62-48(51(82)50(81)44(30-75)96-62)71-47(80)29-74-28-35(72-73-74)27-69-59(86)34-17-20-39-38(24-34)61(89)102-66(39)40-21-18-36(78)25-42(40)95-43-26-37(79)19-22-41(43)66/h17-22,24-26,28,44-46,48-57,62-64,75-76,78-79,81-84H,3-16,23,27,29-32H2,1-2H3,(H2,67,85)(H2,68,90)(H,69,86)(H,70,77)(H,71,80)(H,87,88)(H,91,92)/t44-,45-,46+,48-,49-,50+,51-,52-,53+,54-,55+,56+,57-,62+,63+,64-/m1/s1. The summed E-state index contributed by atoms with van der Waals surface area (Å²) in [6, 6.07) is 9.00. The van der Waals surface area contributed by atoms with E-state index in [-0.39, 0.29) is 53.0 Å². The molecule has 0 aliphatic carbocycles. The number of phosphoric ester groups is 1. The summed E-state index contributed by atoms with van der Waals surface area (Å²) in [6.07, 6.45) is -14.9. The number of carboxylic acids is 1. The van der Waals surface area contributed by atoms with Crippen molar-refractivity contribution < 1.29 is 141 Å². The highest BCUT2D eigenvalue weighted by Gasteiger charge is 2.58. The van der Waals surface area contributed by atoms with E-state index in [4.69, 9.17) is 63.1 Å². The minimum Gasteiger partial charge on any atom is -0.508 e. The number of hydrogen-bond acceptors (Lipinski definition) is 29. The molecule has 6 heterocycles. The lowest BCUT2D eigenvalue weighted by molar-refractivity contribution is -0.357. The zero-order valence-electron chi connectivity index (χ0n) is 56.8. The van der Waals surface area contributed by atoms with Gasteiger partial charge in [-0.15, -0.1) is 5.10 Å². The molecular formula is C66H89N8O29P. The number of aliphatic hydroxyl groups is 6. The molecule has 9 rings (SSSR count). The van der Waals surface area contributed by atoms with Gasteiger partial charge in [0.15, 0.2) is 48.9 Å². The molecule has 0 bridgehead atoms. The van der Waals surface area contributed by atoms with Crippen LogP contribution < -0.4 is 32.2 Å². The summed E-state index contributed by atoms with van der Waals surface area (Å²) < 4.78 is 77.1. The Morgan fingerprint density at radius 3 is 1.86 bits per heavy atom. The second kappa shape index (κ2) is 36.3. The van der Waals surface area contributed by atoms with Crippen LogP contribution in [0, 0.1) is 0 Å². The third kappa shape index (κ3) is 19.5. The van der Waals surface area contributed by atoms with Crippen LogP contribution in [-0.2, 0) is 89.4 Å². The largest absolute Gasteiger partial charge is 0.508 e. The van der Waals surface area contributed by atoms with Crippen LogP contribution in [0.5, 0.6) is 23.0 Å². The van der Waals surface area contributed by atoms with Gasteiger partial charge in [-0.3, -0.25) is 28.2 Å². The summed E-state index contributed by atoms with van der Waals surface area (Å²) in [6.45, 7) is -1.15. The van der Waals surface area contributed by atoms with Crippen molar-refractivity contribution in [3.05, 3.63) is 94.3 Å². The van der Waals surface area contributed by atoms with Crippen LogP contribution in [-0.4, -0.2) is 232 Å². The lowest BCUT2D eigenvalue weighted by Gasteiger charge is -2.49. The third-order valence-corrected chi connectivity index (χ3v) is 19.1. The number of amides is 5. The second-order valence-electron chi connectivity index (χ2n) is 25.7. The molecule has 0 radical (unpaired) electrons. The number of phosphoric acid groups is 1. The molecule has 1 unspecified atom stereocenters. The van der Waals surface area contributed by atoms with Gasteiger partial charge in [-0.2, -0.15) is 0 Å². The SMILES string of the molecule is CCCCCCCCCCCCCCCCO[C@@H](COP(=O)(O)O[C@H]1O[C@H](C(N)=O)[C@@H](O)[C@H](OC(N)=O)[C@H]1O[C@@H]1O[C@H](CO)[C@@H](O[C@@H]2O[C@H](CO)[C@H](O)[C@H](O)[C@H]2NC(=O)Cn2cc(CNC(=O)c3ccc4c(c3)C(=O)OC43c4ccc(O)cc4Oc4cc(O)ccc43)nn2)[C@H](O)[C@H]1NC(C)=O)C(=O)O. The first-order chi connectivity index (χ1) is 49.7. The van der Waals surface area contributed by atoms with Crippen molar-refractivity contribution in [2.45, 2.75) is 221 Å². The van der Waals surface area contributed by atoms with Crippen LogP contribution in [0.15, 0.2) is 60.8 Å². The van der Waals surface area contributed by atoms with Crippen molar-refractivity contribution >= 4 is 49.5 Å². The summed E-state index contributed by atoms with van der Waals surface area (Å²) in [4.78, 5) is 102. The van der Waals surface area contributed by atoms with Gasteiger partial charge in [0.25, 0.3) is 5.91 Å². The minimum absolute atomic E-state index is 0.0207. The van der Waals surface area contributed by atoms with Crippen molar-refractivity contribution in [1.29, 1.82) is 0 Å². The average molecular weight is 1490 g/mol. The van der Waals surface area contributed by atoms with Crippen molar-refractivity contribution in [3.8, 4) is 23.0 Å². The number of benzene rings is 3. The fraction of sp³-hybridized carbons (Fsp3) is 0.591. The van der Waals surface area contributed by atoms with Crippen LogP contribution >= 0.6 is 7.82 Å². The zero-order chi connectivity index (χ0) is 75.2. The number of hydrogen-bond donors (Lipinski definition) is 15. The van der Waals surface area contributed by atoms with Crippen LogP contribution in [0.1, 0.15) is 147 Å². The first kappa shape index (κ1) is 80.0. The van der Waals surface area contributed by atoms with E-state index in [1.165, 1.54) is 106 Å². The monoisotopic (exact) mass is 1490 g/mol. The van der Waals surface area contributed by atoms with Crippen LogP contribution in [0.25, 0.3) is 0 Å². The van der Waals surface area contributed by atoms with Gasteiger partial charge in [0.1, 0.15) is 90.0 Å². The summed E-state index contributed by atoms with van der Waals surface area (Å²) in [5.74, 6) is -6.44. The number of carboxylic acid groups (broad SMARTS) is 1. The van der Waals surface area contributed by atoms with Gasteiger partial charge in [0.2, 0.25) is 17.7 Å². The van der Waals surface area contributed by atoms with Gasteiger partial charge < -0.3 is 121 Å². The van der Waals surface area contributed by atoms with E-state index in [2.05, 4.69) is 33.2 Å².